The topological polar surface area (TPSA) is 29.1 Å². The van der Waals surface area contributed by atoms with Crippen molar-refractivity contribution in [1.82, 2.24) is 0 Å². The lowest BCUT2D eigenvalue weighted by Gasteiger charge is -2.28. The number of benzene rings is 1. The molecule has 17 heavy (non-hydrogen) atoms. The average molecular weight is 268 g/mol. The van der Waals surface area contributed by atoms with Crippen molar-refractivity contribution in [2.24, 2.45) is 0 Å². The van der Waals surface area contributed by atoms with Crippen molar-refractivity contribution >= 4 is 35.2 Å². The summed E-state index contributed by atoms with van der Waals surface area (Å²) in [4.78, 5) is 11.3. The zero-order valence-corrected chi connectivity index (χ0v) is 10.5. The predicted molar refractivity (Wildman–Crippen MR) is 71.8 cm³/mol. The Morgan fingerprint density at radius 2 is 1.94 bits per heavy atom. The van der Waals surface area contributed by atoms with Crippen LogP contribution in [0, 0.1) is 0 Å². The van der Waals surface area contributed by atoms with Crippen molar-refractivity contribution in [1.29, 1.82) is 0 Å². The Bertz CT molecular complexity index is 476. The van der Waals surface area contributed by atoms with Crippen LogP contribution in [0.1, 0.15) is 6.42 Å². The van der Waals surface area contributed by atoms with Crippen LogP contribution in [0.25, 0.3) is 0 Å². The smallest absolute Gasteiger partial charge is 0.149 e. The molecule has 2 rings (SSSR count). The van der Waals surface area contributed by atoms with Crippen LogP contribution >= 0.6 is 23.2 Å². The third-order valence-corrected chi connectivity index (χ3v) is 3.26. The number of halogens is 2. The van der Waals surface area contributed by atoms with Crippen molar-refractivity contribution < 1.29 is 4.79 Å². The minimum atomic E-state index is -0.761. The number of carbonyl (C=O) groups is 1. The van der Waals surface area contributed by atoms with Gasteiger partial charge in [0.25, 0.3) is 0 Å². The van der Waals surface area contributed by atoms with E-state index in [0.29, 0.717) is 22.2 Å². The maximum atomic E-state index is 11.3. The molecule has 0 aliphatic heterocycles. The quantitative estimate of drug-likeness (QED) is 0.843. The number of aldehydes is 1. The van der Waals surface area contributed by atoms with E-state index in [-0.39, 0.29) is 0 Å². The first-order chi connectivity index (χ1) is 8.17. The van der Waals surface area contributed by atoms with E-state index < -0.39 is 5.54 Å². The van der Waals surface area contributed by atoms with Crippen LogP contribution in [0.2, 0.25) is 10.0 Å². The van der Waals surface area contributed by atoms with E-state index in [9.17, 15) is 4.79 Å². The van der Waals surface area contributed by atoms with Crippen molar-refractivity contribution in [3.8, 4) is 0 Å². The average Bonchev–Trinajstić information content (AvgIpc) is 2.35. The molecule has 2 nitrogen and oxygen atoms in total. The summed E-state index contributed by atoms with van der Waals surface area (Å²) >= 11 is 12.1. The highest BCUT2D eigenvalue weighted by Gasteiger charge is 2.27. The van der Waals surface area contributed by atoms with Gasteiger partial charge in [-0.2, -0.15) is 0 Å². The molecule has 1 atom stereocenters. The zero-order valence-electron chi connectivity index (χ0n) is 8.99. The molecule has 1 N–H and O–H groups in total. The van der Waals surface area contributed by atoms with Gasteiger partial charge in [-0.1, -0.05) is 53.6 Å². The highest BCUT2D eigenvalue weighted by Crippen LogP contribution is 2.33. The monoisotopic (exact) mass is 267 g/mol. The Labute approximate surface area is 110 Å². The molecular weight excluding hydrogens is 257 g/mol. The van der Waals surface area contributed by atoms with Crippen LogP contribution in [-0.2, 0) is 4.79 Å². The zero-order chi connectivity index (χ0) is 12.3. The number of rotatable bonds is 3. The highest BCUT2D eigenvalue weighted by atomic mass is 35.5. The standard InChI is InChI=1S/C13H11Cl2NO/c14-10-5-4-6-11(15)12(10)16-13(9-17)7-2-1-3-8-13/h1-7,9,16H,8H2. The normalized spacial score (nSPS) is 22.5. The number of carbonyl (C=O) groups excluding carboxylic acids is 1. The molecule has 1 aromatic rings. The number of hydrogen-bond acceptors (Lipinski definition) is 2. The van der Waals surface area contributed by atoms with Gasteiger partial charge in [0.2, 0.25) is 0 Å². The minimum Gasteiger partial charge on any atom is -0.367 e. The Morgan fingerprint density at radius 3 is 2.47 bits per heavy atom. The number of anilines is 1. The van der Waals surface area contributed by atoms with Gasteiger partial charge in [-0.15, -0.1) is 0 Å². The van der Waals surface area contributed by atoms with Gasteiger partial charge in [0.1, 0.15) is 11.8 Å². The third-order valence-electron chi connectivity index (χ3n) is 2.63. The van der Waals surface area contributed by atoms with Crippen molar-refractivity contribution in [3.63, 3.8) is 0 Å². The maximum Gasteiger partial charge on any atom is 0.149 e. The first-order valence-corrected chi connectivity index (χ1v) is 5.95. The van der Waals surface area contributed by atoms with Crippen LogP contribution < -0.4 is 5.32 Å². The second-order valence-corrected chi connectivity index (χ2v) is 4.69. The molecule has 0 aromatic heterocycles. The van der Waals surface area contributed by atoms with Crippen LogP contribution in [0.15, 0.2) is 42.5 Å². The lowest BCUT2D eigenvalue weighted by Crippen LogP contribution is -2.38. The number of allylic oxidation sites excluding steroid dienone is 2. The second kappa shape index (κ2) is 4.94. The van der Waals surface area contributed by atoms with E-state index in [1.54, 1.807) is 24.3 Å². The largest absolute Gasteiger partial charge is 0.367 e. The van der Waals surface area contributed by atoms with Gasteiger partial charge < -0.3 is 10.1 Å². The number of nitrogens with one attached hydrogen (secondary N) is 1. The fraction of sp³-hybridized carbons (Fsp3) is 0.154. The van der Waals surface area contributed by atoms with Gasteiger partial charge in [-0.3, -0.25) is 0 Å². The van der Waals surface area contributed by atoms with E-state index >= 15 is 0 Å². The Morgan fingerprint density at radius 1 is 1.24 bits per heavy atom. The van der Waals surface area contributed by atoms with Gasteiger partial charge in [0.05, 0.1) is 15.7 Å². The summed E-state index contributed by atoms with van der Waals surface area (Å²) in [7, 11) is 0. The summed E-state index contributed by atoms with van der Waals surface area (Å²) in [6.07, 6.45) is 8.90. The molecule has 0 saturated heterocycles. The number of hydrogen-bond donors (Lipinski definition) is 1. The van der Waals surface area contributed by atoms with Gasteiger partial charge in [-0.25, -0.2) is 0 Å². The van der Waals surface area contributed by atoms with Crippen molar-refractivity contribution in [2.75, 3.05) is 5.32 Å². The molecule has 88 valence electrons. The lowest BCUT2D eigenvalue weighted by atomic mass is 9.92. The van der Waals surface area contributed by atoms with Crippen LogP contribution in [0.4, 0.5) is 5.69 Å². The molecule has 4 heteroatoms. The predicted octanol–water partition coefficient (Wildman–Crippen LogP) is 3.86. The third kappa shape index (κ3) is 2.54. The summed E-state index contributed by atoms with van der Waals surface area (Å²) in [5, 5.41) is 4.11. The van der Waals surface area contributed by atoms with Crippen molar-refractivity contribution in [2.45, 2.75) is 12.0 Å². The summed E-state index contributed by atoms with van der Waals surface area (Å²) < 4.78 is 0. The van der Waals surface area contributed by atoms with Crippen LogP contribution in [0.5, 0.6) is 0 Å². The summed E-state index contributed by atoms with van der Waals surface area (Å²) in [6.45, 7) is 0. The SMILES string of the molecule is O=CC1(Nc2c(Cl)cccc2Cl)C=CC=CC1. The molecule has 0 bridgehead atoms. The van der Waals surface area contributed by atoms with E-state index in [4.69, 9.17) is 23.2 Å². The fourth-order valence-electron chi connectivity index (χ4n) is 1.70. The van der Waals surface area contributed by atoms with E-state index in [1.165, 1.54) is 0 Å². The van der Waals surface area contributed by atoms with Crippen LogP contribution in [0.3, 0.4) is 0 Å². The minimum absolute atomic E-state index is 0.502. The molecule has 0 saturated carbocycles. The van der Waals surface area contributed by atoms with Crippen LogP contribution in [-0.4, -0.2) is 11.8 Å². The second-order valence-electron chi connectivity index (χ2n) is 3.87. The van der Waals surface area contributed by atoms with Gasteiger partial charge in [0, 0.05) is 0 Å². The van der Waals surface area contributed by atoms with E-state index in [1.807, 2.05) is 18.2 Å². The molecule has 0 spiro atoms. The highest BCUT2D eigenvalue weighted by molar-refractivity contribution is 6.39. The Kier molecular flexibility index (Phi) is 3.55. The molecule has 1 aliphatic carbocycles. The fourth-order valence-corrected chi connectivity index (χ4v) is 2.19. The van der Waals surface area contributed by atoms with Gasteiger partial charge in [-0.05, 0) is 18.6 Å². The first-order valence-electron chi connectivity index (χ1n) is 5.20. The first kappa shape index (κ1) is 12.2. The summed E-state index contributed by atoms with van der Waals surface area (Å²) in [5.41, 5.74) is -0.175. The molecule has 0 heterocycles. The lowest BCUT2D eigenvalue weighted by molar-refractivity contribution is -0.110. The summed E-state index contributed by atoms with van der Waals surface area (Å²) in [5.74, 6) is 0. The van der Waals surface area contributed by atoms with Gasteiger partial charge in [0.15, 0.2) is 0 Å². The molecule has 1 aliphatic rings. The molecule has 0 fully saturated rings. The van der Waals surface area contributed by atoms with E-state index in [2.05, 4.69) is 5.32 Å². The van der Waals surface area contributed by atoms with Gasteiger partial charge >= 0.3 is 0 Å². The maximum absolute atomic E-state index is 11.3. The number of para-hydroxylation sites is 1. The Hall–Kier alpha value is -1.25. The molecule has 1 unspecified atom stereocenters. The van der Waals surface area contributed by atoms with Crippen molar-refractivity contribution in [3.05, 3.63) is 52.5 Å². The molecule has 0 amide bonds. The molecular formula is C13H11Cl2NO. The van der Waals surface area contributed by atoms with E-state index in [0.717, 1.165) is 6.29 Å². The molecule has 1 aromatic carbocycles. The molecule has 0 radical (unpaired) electrons. The Balaban J connectivity index is 2.34. The summed E-state index contributed by atoms with van der Waals surface area (Å²) in [6, 6.07) is 5.23.